The lowest BCUT2D eigenvalue weighted by atomic mass is 10.2. The van der Waals surface area contributed by atoms with Gasteiger partial charge in [0.25, 0.3) is 0 Å². The number of aromatic nitrogens is 2. The number of aromatic amines is 1. The number of aryl methyl sites for hydroxylation is 1. The first-order chi connectivity index (χ1) is 6.78. The Labute approximate surface area is 85.8 Å². The van der Waals surface area contributed by atoms with Crippen LogP contribution >= 0.6 is 11.3 Å². The summed E-state index contributed by atoms with van der Waals surface area (Å²) < 4.78 is 0. The molecule has 0 aromatic carbocycles. The van der Waals surface area contributed by atoms with Gasteiger partial charge in [-0.2, -0.15) is 0 Å². The number of hydrogen-bond acceptors (Lipinski definition) is 3. The molecule has 0 saturated carbocycles. The number of nitrogens with zero attached hydrogens (tertiary/aromatic N) is 1. The monoisotopic (exact) mass is 206 g/mol. The van der Waals surface area contributed by atoms with Gasteiger partial charge in [-0.3, -0.25) is 4.79 Å². The molecule has 14 heavy (non-hydrogen) atoms. The molecule has 0 atom stereocenters. The van der Waals surface area contributed by atoms with Crippen LogP contribution in [0.15, 0.2) is 18.5 Å². The van der Waals surface area contributed by atoms with Crippen LogP contribution in [-0.4, -0.2) is 16.3 Å². The molecule has 4 heteroatoms. The molecule has 72 valence electrons. The first-order valence-corrected chi connectivity index (χ1v) is 5.13. The molecule has 0 radical (unpaired) electrons. The van der Waals surface area contributed by atoms with Crippen LogP contribution in [0.1, 0.15) is 25.9 Å². The highest BCUT2D eigenvalue weighted by molar-refractivity contribution is 7.11. The zero-order valence-corrected chi connectivity index (χ0v) is 8.60. The van der Waals surface area contributed by atoms with Crippen molar-refractivity contribution < 1.29 is 4.79 Å². The third-order valence-corrected chi connectivity index (χ3v) is 2.85. The van der Waals surface area contributed by atoms with Crippen molar-refractivity contribution in [2.75, 3.05) is 0 Å². The predicted octanol–water partition coefficient (Wildman–Crippen LogP) is 2.18. The summed E-state index contributed by atoms with van der Waals surface area (Å²) in [4.78, 5) is 18.9. The van der Waals surface area contributed by atoms with Gasteiger partial charge in [0, 0.05) is 34.9 Å². The average molecular weight is 206 g/mol. The largest absolute Gasteiger partial charge is 0.364 e. The van der Waals surface area contributed by atoms with Crippen LogP contribution in [0.2, 0.25) is 0 Å². The van der Waals surface area contributed by atoms with Gasteiger partial charge in [-0.25, -0.2) is 4.98 Å². The second kappa shape index (κ2) is 3.75. The summed E-state index contributed by atoms with van der Waals surface area (Å²) in [6.07, 6.45) is 5.26. The van der Waals surface area contributed by atoms with Gasteiger partial charge in [0.05, 0.1) is 5.01 Å². The molecule has 0 aliphatic heterocycles. The van der Waals surface area contributed by atoms with E-state index in [1.165, 1.54) is 4.88 Å². The maximum atomic E-state index is 10.4. The van der Waals surface area contributed by atoms with Gasteiger partial charge in [0.15, 0.2) is 6.29 Å². The second-order valence-electron chi connectivity index (χ2n) is 3.10. The Kier molecular flexibility index (Phi) is 2.45. The first kappa shape index (κ1) is 9.15. The van der Waals surface area contributed by atoms with E-state index < -0.39 is 0 Å². The van der Waals surface area contributed by atoms with Crippen molar-refractivity contribution in [1.29, 1.82) is 0 Å². The van der Waals surface area contributed by atoms with Crippen molar-refractivity contribution in [3.05, 3.63) is 39.6 Å². The molecule has 3 nitrogen and oxygen atoms in total. The summed E-state index contributed by atoms with van der Waals surface area (Å²) in [5.41, 5.74) is 1.75. The molecule has 0 bridgehead atoms. The Hall–Kier alpha value is -1.42. The molecule has 0 unspecified atom stereocenters. The highest BCUT2D eigenvalue weighted by atomic mass is 32.1. The molecule has 2 aromatic heterocycles. The summed E-state index contributed by atoms with van der Waals surface area (Å²) >= 11 is 1.68. The Bertz CT molecular complexity index is 444. The number of H-pyrrole nitrogens is 1. The first-order valence-electron chi connectivity index (χ1n) is 4.31. The maximum Gasteiger partial charge on any atom is 0.151 e. The molecule has 1 N–H and O–H groups in total. The van der Waals surface area contributed by atoms with Gasteiger partial charge >= 0.3 is 0 Å². The Morgan fingerprint density at radius 1 is 1.64 bits per heavy atom. The summed E-state index contributed by atoms with van der Waals surface area (Å²) in [5.74, 6) is 0. The number of nitrogens with one attached hydrogen (secondary N) is 1. The summed E-state index contributed by atoms with van der Waals surface area (Å²) in [6, 6.07) is 1.86. The van der Waals surface area contributed by atoms with Gasteiger partial charge in [-0.05, 0) is 13.0 Å². The van der Waals surface area contributed by atoms with Gasteiger partial charge in [-0.15, -0.1) is 11.3 Å². The molecule has 0 saturated heterocycles. The van der Waals surface area contributed by atoms with Crippen LogP contribution < -0.4 is 0 Å². The molecule has 2 heterocycles. The van der Waals surface area contributed by atoms with Gasteiger partial charge in [0.2, 0.25) is 0 Å². The van der Waals surface area contributed by atoms with E-state index in [4.69, 9.17) is 0 Å². The quantitative estimate of drug-likeness (QED) is 0.782. The van der Waals surface area contributed by atoms with Crippen molar-refractivity contribution >= 4 is 17.6 Å². The smallest absolute Gasteiger partial charge is 0.151 e. The molecule has 2 rings (SSSR count). The van der Waals surface area contributed by atoms with Crippen LogP contribution in [0.4, 0.5) is 0 Å². The molecular weight excluding hydrogens is 196 g/mol. The molecule has 2 aromatic rings. The van der Waals surface area contributed by atoms with Crippen molar-refractivity contribution in [3.8, 4) is 0 Å². The van der Waals surface area contributed by atoms with E-state index in [2.05, 4.69) is 9.97 Å². The minimum Gasteiger partial charge on any atom is -0.364 e. The lowest BCUT2D eigenvalue weighted by Gasteiger charge is -1.91. The number of rotatable bonds is 3. The van der Waals surface area contributed by atoms with Gasteiger partial charge < -0.3 is 4.98 Å². The third-order valence-electron chi connectivity index (χ3n) is 1.94. The minimum atomic E-state index is 0.696. The molecular formula is C10H10N2OS. The SMILES string of the molecule is Cc1ncc(Cc2cc(C=O)c[nH]2)s1. The predicted molar refractivity (Wildman–Crippen MR) is 55.8 cm³/mol. The van der Waals surface area contributed by atoms with Crippen molar-refractivity contribution in [2.45, 2.75) is 13.3 Å². The zero-order chi connectivity index (χ0) is 9.97. The van der Waals surface area contributed by atoms with Crippen LogP contribution in [0.3, 0.4) is 0 Å². The number of aldehydes is 1. The normalized spacial score (nSPS) is 10.4. The lowest BCUT2D eigenvalue weighted by molar-refractivity contribution is 0.112. The fraction of sp³-hybridized carbons (Fsp3) is 0.200. The second-order valence-corrected chi connectivity index (χ2v) is 4.42. The number of hydrogen-bond donors (Lipinski definition) is 1. The van der Waals surface area contributed by atoms with E-state index in [0.29, 0.717) is 5.56 Å². The highest BCUT2D eigenvalue weighted by Gasteiger charge is 2.02. The fourth-order valence-corrected chi connectivity index (χ4v) is 2.12. The Morgan fingerprint density at radius 3 is 3.07 bits per heavy atom. The summed E-state index contributed by atoms with van der Waals surface area (Å²) in [6.45, 7) is 1.99. The number of carbonyl (C=O) groups excluding carboxylic acids is 1. The lowest BCUT2D eigenvalue weighted by Crippen LogP contribution is -1.82. The molecule has 0 aliphatic rings. The zero-order valence-electron chi connectivity index (χ0n) is 7.78. The van der Waals surface area contributed by atoms with E-state index in [-0.39, 0.29) is 0 Å². The van der Waals surface area contributed by atoms with Crippen LogP contribution in [-0.2, 0) is 6.42 Å². The topological polar surface area (TPSA) is 45.8 Å². The summed E-state index contributed by atoms with van der Waals surface area (Å²) in [5, 5.41) is 1.07. The molecule has 0 aliphatic carbocycles. The van der Waals surface area contributed by atoms with Crippen molar-refractivity contribution in [2.24, 2.45) is 0 Å². The van der Waals surface area contributed by atoms with E-state index in [9.17, 15) is 4.79 Å². The Balaban J connectivity index is 2.14. The van der Waals surface area contributed by atoms with Crippen molar-refractivity contribution in [3.63, 3.8) is 0 Å². The molecule has 0 amide bonds. The molecule has 0 fully saturated rings. The average Bonchev–Trinajstić information content (AvgIpc) is 2.76. The van der Waals surface area contributed by atoms with E-state index in [0.717, 1.165) is 23.4 Å². The highest BCUT2D eigenvalue weighted by Crippen LogP contribution is 2.15. The maximum absolute atomic E-state index is 10.4. The van der Waals surface area contributed by atoms with Gasteiger partial charge in [0.1, 0.15) is 0 Å². The van der Waals surface area contributed by atoms with Crippen molar-refractivity contribution in [1.82, 2.24) is 9.97 Å². The van der Waals surface area contributed by atoms with Crippen LogP contribution in [0.5, 0.6) is 0 Å². The van der Waals surface area contributed by atoms with E-state index in [1.54, 1.807) is 17.5 Å². The third kappa shape index (κ3) is 1.90. The van der Waals surface area contributed by atoms with Gasteiger partial charge in [-0.1, -0.05) is 0 Å². The standard InChI is InChI=1S/C10H10N2OS/c1-7-11-5-10(14-7)3-9-2-8(6-13)4-12-9/h2,4-6,12H,3H2,1H3. The summed E-state index contributed by atoms with van der Waals surface area (Å²) in [7, 11) is 0. The van der Waals surface area contributed by atoms with E-state index in [1.807, 2.05) is 19.2 Å². The van der Waals surface area contributed by atoms with E-state index >= 15 is 0 Å². The van der Waals surface area contributed by atoms with Crippen LogP contribution in [0.25, 0.3) is 0 Å². The minimum absolute atomic E-state index is 0.696. The fourth-order valence-electron chi connectivity index (χ4n) is 1.31. The Morgan fingerprint density at radius 2 is 2.50 bits per heavy atom. The van der Waals surface area contributed by atoms with Crippen LogP contribution in [0, 0.1) is 6.92 Å². The number of carbonyl (C=O) groups is 1. The number of thiazole rings is 1. The molecule has 0 spiro atoms.